The van der Waals surface area contributed by atoms with Crippen LogP contribution in [0.2, 0.25) is 0 Å². The summed E-state index contributed by atoms with van der Waals surface area (Å²) in [4.78, 5) is 0. The van der Waals surface area contributed by atoms with Crippen LogP contribution in [0.1, 0.15) is 103 Å². The molecule has 0 amide bonds. The highest BCUT2D eigenvalue weighted by molar-refractivity contribution is 5.95. The Morgan fingerprint density at radius 2 is 1.18 bits per heavy atom. The van der Waals surface area contributed by atoms with Crippen LogP contribution in [0.5, 0.6) is 11.5 Å². The number of hydrogen-bond acceptors (Lipinski definition) is 3. The van der Waals surface area contributed by atoms with E-state index in [9.17, 15) is 15.3 Å². The van der Waals surface area contributed by atoms with Crippen molar-refractivity contribution in [1.29, 1.82) is 0 Å². The van der Waals surface area contributed by atoms with Crippen molar-refractivity contribution in [2.45, 2.75) is 105 Å². The lowest BCUT2D eigenvalue weighted by Crippen LogP contribution is -2.09. The summed E-state index contributed by atoms with van der Waals surface area (Å²) >= 11 is 0. The van der Waals surface area contributed by atoms with Crippen LogP contribution in [0.3, 0.4) is 0 Å². The molecule has 0 radical (unpaired) electrons. The van der Waals surface area contributed by atoms with Crippen molar-refractivity contribution in [3.63, 3.8) is 0 Å². The summed E-state index contributed by atoms with van der Waals surface area (Å²) < 4.78 is 0. The number of fused-ring (bicyclic) bond motifs is 1. The molecule has 3 heteroatoms. The Balaban J connectivity index is 1.73. The summed E-state index contributed by atoms with van der Waals surface area (Å²) in [6.45, 7) is 11.5. The van der Waals surface area contributed by atoms with Crippen LogP contribution in [0.15, 0.2) is 24.3 Å². The molecular weight excluding hydrogens is 420 g/mol. The van der Waals surface area contributed by atoms with Crippen LogP contribution in [-0.2, 0) is 6.42 Å². The van der Waals surface area contributed by atoms with Gasteiger partial charge in [0, 0.05) is 22.9 Å². The van der Waals surface area contributed by atoms with E-state index in [1.807, 2.05) is 31.2 Å². The number of rotatable bonds is 16. The first-order valence-corrected chi connectivity index (χ1v) is 13.8. The number of benzene rings is 2. The molecule has 0 heterocycles. The van der Waals surface area contributed by atoms with Gasteiger partial charge in [-0.2, -0.15) is 0 Å². The molecule has 34 heavy (non-hydrogen) atoms. The van der Waals surface area contributed by atoms with Crippen molar-refractivity contribution in [2.24, 2.45) is 23.7 Å². The molecule has 0 aliphatic rings. The Hall–Kier alpha value is -1.74. The quantitative estimate of drug-likeness (QED) is 0.215. The van der Waals surface area contributed by atoms with E-state index in [1.165, 1.54) is 44.9 Å². The van der Waals surface area contributed by atoms with Gasteiger partial charge in [-0.05, 0) is 55.4 Å². The van der Waals surface area contributed by atoms with Crippen LogP contribution < -0.4 is 0 Å². The minimum absolute atomic E-state index is 0.182. The molecular formula is C31H50O3. The van der Waals surface area contributed by atoms with Crippen molar-refractivity contribution >= 4 is 10.8 Å². The molecule has 2 aromatic carbocycles. The first-order chi connectivity index (χ1) is 16.2. The molecule has 2 aromatic rings. The molecule has 0 unspecified atom stereocenters. The van der Waals surface area contributed by atoms with Gasteiger partial charge in [0.25, 0.3) is 0 Å². The molecule has 192 valence electrons. The van der Waals surface area contributed by atoms with E-state index in [0.717, 1.165) is 48.1 Å². The number of aliphatic hydroxyl groups is 1. The van der Waals surface area contributed by atoms with Crippen molar-refractivity contribution in [3.8, 4) is 11.5 Å². The zero-order valence-corrected chi connectivity index (χ0v) is 22.4. The van der Waals surface area contributed by atoms with E-state index >= 15 is 0 Å². The van der Waals surface area contributed by atoms with Gasteiger partial charge in [0.2, 0.25) is 0 Å². The first-order valence-electron chi connectivity index (χ1n) is 13.8. The van der Waals surface area contributed by atoms with Gasteiger partial charge in [-0.1, -0.05) is 103 Å². The van der Waals surface area contributed by atoms with Crippen molar-refractivity contribution in [3.05, 3.63) is 35.4 Å². The fourth-order valence-electron chi connectivity index (χ4n) is 5.30. The summed E-state index contributed by atoms with van der Waals surface area (Å²) in [5.74, 6) is 3.18. The van der Waals surface area contributed by atoms with Gasteiger partial charge in [-0.25, -0.2) is 0 Å². The second-order valence-corrected chi connectivity index (χ2v) is 11.3. The SMILES string of the molecule is Cc1c(CC[C@@H](CO)CCC[C@H](C)CCC[C@H](C)CCCC(C)C)c(O)c2ccccc2c1O. The fourth-order valence-corrected chi connectivity index (χ4v) is 5.30. The van der Waals surface area contributed by atoms with Gasteiger partial charge in [-0.3, -0.25) is 0 Å². The lowest BCUT2D eigenvalue weighted by atomic mass is 9.88. The number of aromatic hydroxyl groups is 2. The summed E-state index contributed by atoms with van der Waals surface area (Å²) in [7, 11) is 0. The predicted molar refractivity (Wildman–Crippen MR) is 146 cm³/mol. The highest BCUT2D eigenvalue weighted by Gasteiger charge is 2.17. The average molecular weight is 471 g/mol. The van der Waals surface area contributed by atoms with Crippen molar-refractivity contribution < 1.29 is 15.3 Å². The average Bonchev–Trinajstić information content (AvgIpc) is 2.81. The van der Waals surface area contributed by atoms with Gasteiger partial charge < -0.3 is 15.3 Å². The van der Waals surface area contributed by atoms with Crippen molar-refractivity contribution in [1.82, 2.24) is 0 Å². The smallest absolute Gasteiger partial charge is 0.127 e. The van der Waals surface area contributed by atoms with E-state index in [1.54, 1.807) is 0 Å². The topological polar surface area (TPSA) is 60.7 Å². The van der Waals surface area contributed by atoms with Gasteiger partial charge >= 0.3 is 0 Å². The minimum Gasteiger partial charge on any atom is -0.507 e. The Bertz CT molecular complexity index is 857. The molecule has 0 bridgehead atoms. The van der Waals surface area contributed by atoms with E-state index in [0.29, 0.717) is 17.2 Å². The molecule has 0 saturated carbocycles. The van der Waals surface area contributed by atoms with Crippen LogP contribution >= 0.6 is 0 Å². The second-order valence-electron chi connectivity index (χ2n) is 11.3. The van der Waals surface area contributed by atoms with E-state index in [2.05, 4.69) is 27.7 Å². The Labute approximate surface area is 208 Å². The van der Waals surface area contributed by atoms with E-state index < -0.39 is 0 Å². The third-order valence-corrected chi connectivity index (χ3v) is 7.77. The fraction of sp³-hybridized carbons (Fsp3) is 0.677. The van der Waals surface area contributed by atoms with Gasteiger partial charge in [-0.15, -0.1) is 0 Å². The lowest BCUT2D eigenvalue weighted by Gasteiger charge is -2.19. The van der Waals surface area contributed by atoms with Crippen LogP contribution in [0, 0.1) is 30.6 Å². The molecule has 0 spiro atoms. The van der Waals surface area contributed by atoms with Crippen LogP contribution in [0.4, 0.5) is 0 Å². The summed E-state index contributed by atoms with van der Waals surface area (Å²) in [5, 5.41) is 32.7. The highest BCUT2D eigenvalue weighted by atomic mass is 16.3. The molecule has 2 rings (SSSR count). The number of aliphatic hydroxyl groups excluding tert-OH is 1. The minimum atomic E-state index is 0.182. The van der Waals surface area contributed by atoms with Gasteiger partial charge in [0.1, 0.15) is 11.5 Å². The Morgan fingerprint density at radius 1 is 0.676 bits per heavy atom. The Kier molecular flexibility index (Phi) is 12.2. The molecule has 0 aliphatic heterocycles. The van der Waals surface area contributed by atoms with E-state index in [4.69, 9.17) is 0 Å². The molecule has 0 saturated heterocycles. The third-order valence-electron chi connectivity index (χ3n) is 7.77. The molecule has 0 aliphatic carbocycles. The molecule has 3 atom stereocenters. The second kappa shape index (κ2) is 14.6. The van der Waals surface area contributed by atoms with Crippen LogP contribution in [-0.4, -0.2) is 21.9 Å². The number of hydrogen-bond donors (Lipinski definition) is 3. The standard InChI is InChI=1S/C31H50O3/c1-22(2)11-8-12-23(3)13-9-14-24(4)15-10-16-26(21-32)19-20-27-25(5)30(33)28-17-6-7-18-29(28)31(27)34/h6-7,17-18,22-24,26,32-34H,8-16,19-21H2,1-5H3/t23-,24-,26+/m1/s1. The normalized spacial score (nSPS) is 14.6. The number of phenolic OH excluding ortho intramolecular Hbond substituents is 2. The predicted octanol–water partition coefficient (Wildman–Crippen LogP) is 8.54. The summed E-state index contributed by atoms with van der Waals surface area (Å²) in [5.41, 5.74) is 1.56. The monoisotopic (exact) mass is 470 g/mol. The molecule has 3 nitrogen and oxygen atoms in total. The highest BCUT2D eigenvalue weighted by Crippen LogP contribution is 2.40. The zero-order chi connectivity index (χ0) is 25.1. The lowest BCUT2D eigenvalue weighted by molar-refractivity contribution is 0.205. The summed E-state index contributed by atoms with van der Waals surface area (Å²) in [6, 6.07) is 7.45. The largest absolute Gasteiger partial charge is 0.507 e. The van der Waals surface area contributed by atoms with Gasteiger partial charge in [0.15, 0.2) is 0 Å². The maximum absolute atomic E-state index is 10.8. The maximum atomic E-state index is 10.8. The van der Waals surface area contributed by atoms with E-state index in [-0.39, 0.29) is 24.0 Å². The maximum Gasteiger partial charge on any atom is 0.127 e. The van der Waals surface area contributed by atoms with Gasteiger partial charge in [0.05, 0.1) is 0 Å². The molecule has 0 aromatic heterocycles. The van der Waals surface area contributed by atoms with Crippen LogP contribution in [0.25, 0.3) is 10.8 Å². The zero-order valence-electron chi connectivity index (χ0n) is 22.4. The third kappa shape index (κ3) is 8.80. The first kappa shape index (κ1) is 28.5. The molecule has 3 N–H and O–H groups in total. The van der Waals surface area contributed by atoms with Crippen molar-refractivity contribution in [2.75, 3.05) is 6.61 Å². The number of phenols is 2. The molecule has 0 fully saturated rings. The summed E-state index contributed by atoms with van der Waals surface area (Å²) in [6.07, 6.45) is 13.0. The Morgan fingerprint density at radius 3 is 1.71 bits per heavy atom.